The van der Waals surface area contributed by atoms with Gasteiger partial charge in [0.1, 0.15) is 6.04 Å². The summed E-state index contributed by atoms with van der Waals surface area (Å²) < 4.78 is 51.6. The molecule has 1 atom stereocenters. The number of benzene rings is 1. The lowest BCUT2D eigenvalue weighted by atomic mass is 9.98. The number of hydrogen-bond donors (Lipinski definition) is 0. The molecule has 0 amide bonds. The molecule has 3 heterocycles. The SMILES string of the molecule is COC(=O)[C@@H]1CSc2c(-c3cccc(C(F)(F)F)c3)c(CN3CCOCC3)cc(=O)n21. The minimum absolute atomic E-state index is 0.287. The van der Waals surface area contributed by atoms with Gasteiger partial charge in [0.2, 0.25) is 0 Å². The monoisotopic (exact) mass is 454 g/mol. The number of carbonyl (C=O) groups excluding carboxylic acids is 1. The maximum atomic E-state index is 13.4. The maximum Gasteiger partial charge on any atom is 0.416 e. The van der Waals surface area contributed by atoms with Gasteiger partial charge in [-0.05, 0) is 23.3 Å². The van der Waals surface area contributed by atoms with Gasteiger partial charge in [-0.25, -0.2) is 4.79 Å². The van der Waals surface area contributed by atoms with Crippen LogP contribution in [0, 0.1) is 0 Å². The third kappa shape index (κ3) is 4.37. The number of hydrogen-bond acceptors (Lipinski definition) is 6. The fourth-order valence-corrected chi connectivity index (χ4v) is 5.26. The molecule has 0 bridgehead atoms. The number of methoxy groups -OCH3 is 1. The van der Waals surface area contributed by atoms with E-state index in [1.807, 2.05) is 0 Å². The second kappa shape index (κ2) is 8.68. The highest BCUT2D eigenvalue weighted by Gasteiger charge is 2.35. The summed E-state index contributed by atoms with van der Waals surface area (Å²) in [6.45, 7) is 2.85. The van der Waals surface area contributed by atoms with E-state index >= 15 is 0 Å². The van der Waals surface area contributed by atoms with E-state index in [0.29, 0.717) is 54.6 Å². The van der Waals surface area contributed by atoms with Gasteiger partial charge in [-0.3, -0.25) is 14.3 Å². The van der Waals surface area contributed by atoms with E-state index in [2.05, 4.69) is 4.90 Å². The van der Waals surface area contributed by atoms with Gasteiger partial charge in [-0.1, -0.05) is 12.1 Å². The van der Waals surface area contributed by atoms with Crippen LogP contribution in [-0.4, -0.2) is 54.6 Å². The summed E-state index contributed by atoms with van der Waals surface area (Å²) in [5.41, 5.74) is 0.415. The fraction of sp³-hybridized carbons (Fsp3) is 0.429. The molecule has 2 aromatic rings. The second-order valence-electron chi connectivity index (χ2n) is 7.38. The van der Waals surface area contributed by atoms with Crippen molar-refractivity contribution in [1.29, 1.82) is 0 Å². The summed E-state index contributed by atoms with van der Waals surface area (Å²) >= 11 is 1.28. The molecular formula is C21H21F3N2O4S. The predicted molar refractivity (Wildman–Crippen MR) is 109 cm³/mol. The summed E-state index contributed by atoms with van der Waals surface area (Å²) in [6, 6.07) is 5.69. The van der Waals surface area contributed by atoms with Gasteiger partial charge in [-0.15, -0.1) is 11.8 Å². The number of esters is 1. The molecule has 1 aromatic carbocycles. The largest absolute Gasteiger partial charge is 0.467 e. The molecule has 0 unspecified atom stereocenters. The third-order valence-electron chi connectivity index (χ3n) is 5.43. The Kier molecular flexibility index (Phi) is 6.14. The van der Waals surface area contributed by atoms with Crippen LogP contribution in [0.2, 0.25) is 0 Å². The lowest BCUT2D eigenvalue weighted by Crippen LogP contribution is -2.36. The first kappa shape index (κ1) is 21.9. The Morgan fingerprint density at radius 2 is 2.00 bits per heavy atom. The van der Waals surface area contributed by atoms with Crippen molar-refractivity contribution in [3.63, 3.8) is 0 Å². The van der Waals surface area contributed by atoms with E-state index in [9.17, 15) is 22.8 Å². The minimum Gasteiger partial charge on any atom is -0.467 e. The van der Waals surface area contributed by atoms with Crippen molar-refractivity contribution in [3.8, 4) is 11.1 Å². The average Bonchev–Trinajstić information content (AvgIpc) is 3.19. The molecule has 2 aliphatic rings. The van der Waals surface area contributed by atoms with Crippen molar-refractivity contribution in [2.75, 3.05) is 39.2 Å². The number of ether oxygens (including phenoxy) is 2. The Hall–Kier alpha value is -2.30. The molecule has 166 valence electrons. The van der Waals surface area contributed by atoms with E-state index < -0.39 is 23.8 Å². The first-order chi connectivity index (χ1) is 14.8. The molecule has 0 aliphatic carbocycles. The Bertz CT molecular complexity index is 1050. The standard InChI is InChI=1S/C21H21F3N2O4S/c1-29-20(28)16-12-31-19-18(13-3-2-4-15(9-13)21(22,23)24)14(10-17(27)26(16)19)11-25-5-7-30-8-6-25/h2-4,9-10,16H,5-8,11-12H2,1H3/t16-/m0/s1. The highest BCUT2D eigenvalue weighted by atomic mass is 32.2. The number of alkyl halides is 3. The Morgan fingerprint density at radius 3 is 2.68 bits per heavy atom. The zero-order valence-corrected chi connectivity index (χ0v) is 17.6. The van der Waals surface area contributed by atoms with Gasteiger partial charge >= 0.3 is 12.1 Å². The van der Waals surface area contributed by atoms with Crippen molar-refractivity contribution in [2.45, 2.75) is 23.8 Å². The van der Waals surface area contributed by atoms with Crippen molar-refractivity contribution in [1.82, 2.24) is 9.47 Å². The van der Waals surface area contributed by atoms with Crippen molar-refractivity contribution < 1.29 is 27.4 Å². The molecule has 31 heavy (non-hydrogen) atoms. The quantitative estimate of drug-likeness (QED) is 0.662. The van der Waals surface area contributed by atoms with Crippen LogP contribution in [0.3, 0.4) is 0 Å². The number of fused-ring (bicyclic) bond motifs is 1. The first-order valence-corrected chi connectivity index (χ1v) is 10.7. The van der Waals surface area contributed by atoms with Crippen LogP contribution < -0.4 is 5.56 Å². The highest BCUT2D eigenvalue weighted by molar-refractivity contribution is 7.99. The van der Waals surface area contributed by atoms with E-state index in [4.69, 9.17) is 9.47 Å². The van der Waals surface area contributed by atoms with E-state index in [0.717, 1.165) is 12.1 Å². The van der Waals surface area contributed by atoms with Crippen molar-refractivity contribution in [3.05, 3.63) is 51.8 Å². The molecule has 10 heteroatoms. The topological polar surface area (TPSA) is 60.8 Å². The molecule has 2 aliphatic heterocycles. The average molecular weight is 454 g/mol. The van der Waals surface area contributed by atoms with E-state index in [-0.39, 0.29) is 11.3 Å². The molecule has 6 nitrogen and oxygen atoms in total. The van der Waals surface area contributed by atoms with Crippen molar-refractivity contribution in [2.24, 2.45) is 0 Å². The lowest BCUT2D eigenvalue weighted by molar-refractivity contribution is -0.144. The summed E-state index contributed by atoms with van der Waals surface area (Å²) in [7, 11) is 1.25. The molecule has 1 aromatic heterocycles. The fourth-order valence-electron chi connectivity index (χ4n) is 3.91. The normalized spacial score (nSPS) is 19.3. The zero-order valence-electron chi connectivity index (χ0n) is 16.8. The summed E-state index contributed by atoms with van der Waals surface area (Å²) in [5.74, 6) is -0.265. The predicted octanol–water partition coefficient (Wildman–Crippen LogP) is 3.19. The number of halogens is 3. The van der Waals surface area contributed by atoms with Gasteiger partial charge in [0, 0.05) is 37.0 Å². The van der Waals surface area contributed by atoms with Crippen LogP contribution >= 0.6 is 11.8 Å². The molecule has 0 N–H and O–H groups in total. The van der Waals surface area contributed by atoms with E-state index in [1.165, 1.54) is 35.6 Å². The van der Waals surface area contributed by atoms with Gasteiger partial charge < -0.3 is 9.47 Å². The second-order valence-corrected chi connectivity index (χ2v) is 8.38. The lowest BCUT2D eigenvalue weighted by Gasteiger charge is -2.28. The van der Waals surface area contributed by atoms with Crippen molar-refractivity contribution >= 4 is 17.7 Å². The molecule has 1 fully saturated rings. The third-order valence-corrected chi connectivity index (χ3v) is 6.58. The summed E-state index contributed by atoms with van der Waals surface area (Å²) in [6.07, 6.45) is -4.49. The zero-order chi connectivity index (χ0) is 22.2. The van der Waals surface area contributed by atoms with E-state index in [1.54, 1.807) is 6.07 Å². The van der Waals surface area contributed by atoms with Gasteiger partial charge in [0.05, 0.1) is 30.9 Å². The maximum absolute atomic E-state index is 13.4. The molecule has 1 saturated heterocycles. The number of morpholine rings is 1. The van der Waals surface area contributed by atoms with Gasteiger partial charge in [-0.2, -0.15) is 13.2 Å². The van der Waals surface area contributed by atoms with Crippen LogP contribution in [0.25, 0.3) is 11.1 Å². The van der Waals surface area contributed by atoms with Crippen LogP contribution in [0.4, 0.5) is 13.2 Å². The van der Waals surface area contributed by atoms with Gasteiger partial charge in [0.15, 0.2) is 0 Å². The summed E-state index contributed by atoms with van der Waals surface area (Å²) in [5, 5.41) is 0.491. The van der Waals surface area contributed by atoms with Crippen LogP contribution in [-0.2, 0) is 27.0 Å². The molecule has 0 saturated carbocycles. The number of aromatic nitrogens is 1. The highest BCUT2D eigenvalue weighted by Crippen LogP contribution is 2.42. The smallest absolute Gasteiger partial charge is 0.416 e. The molecule has 0 radical (unpaired) electrons. The number of rotatable bonds is 4. The molecular weight excluding hydrogens is 433 g/mol. The van der Waals surface area contributed by atoms with Crippen LogP contribution in [0.15, 0.2) is 40.2 Å². The Labute approximate surface area is 180 Å². The Morgan fingerprint density at radius 1 is 1.26 bits per heavy atom. The van der Waals surface area contributed by atoms with Gasteiger partial charge in [0.25, 0.3) is 5.56 Å². The number of pyridine rings is 1. The van der Waals surface area contributed by atoms with Crippen LogP contribution in [0.1, 0.15) is 17.2 Å². The van der Waals surface area contributed by atoms with Crippen LogP contribution in [0.5, 0.6) is 0 Å². The number of carbonyl (C=O) groups is 1. The summed E-state index contributed by atoms with van der Waals surface area (Å²) in [4.78, 5) is 27.2. The molecule has 0 spiro atoms. The minimum atomic E-state index is -4.49. The number of thioether (sulfide) groups is 1. The number of nitrogens with zero attached hydrogens (tertiary/aromatic N) is 2. The first-order valence-electron chi connectivity index (χ1n) is 9.76. The molecule has 4 rings (SSSR count). The Balaban J connectivity index is 1.88.